The maximum Gasteiger partial charge on any atom is 0.325 e. The third-order valence-corrected chi connectivity index (χ3v) is 1.11. The van der Waals surface area contributed by atoms with Crippen molar-refractivity contribution in [3.8, 4) is 0 Å². The highest BCUT2D eigenvalue weighted by Crippen LogP contribution is 2.35. The van der Waals surface area contributed by atoms with Crippen molar-refractivity contribution in [3.63, 3.8) is 0 Å². The van der Waals surface area contributed by atoms with Gasteiger partial charge in [0.15, 0.2) is 0 Å². The Kier molecular flexibility index (Phi) is 7.79. The molecule has 0 bridgehead atoms. The van der Waals surface area contributed by atoms with Gasteiger partial charge in [-0.25, -0.2) is 0 Å². The zero-order valence-corrected chi connectivity index (χ0v) is 6.73. The fourth-order valence-corrected chi connectivity index (χ4v) is 0.719. The van der Waals surface area contributed by atoms with Gasteiger partial charge < -0.3 is 9.42 Å². The molecule has 1 N–H and O–H groups in total. The minimum absolute atomic E-state index is 0.296. The third-order valence-electron chi connectivity index (χ3n) is 0.369. The molecule has 56 valence electrons. The van der Waals surface area contributed by atoms with E-state index in [-0.39, 0.29) is 0 Å². The first-order valence-electron chi connectivity index (χ1n) is 2.51. The van der Waals surface area contributed by atoms with Crippen LogP contribution in [0.4, 0.5) is 0 Å². The van der Waals surface area contributed by atoms with Crippen LogP contribution in [0.3, 0.4) is 0 Å². The van der Waals surface area contributed by atoms with E-state index in [1.54, 1.807) is 6.92 Å². The van der Waals surface area contributed by atoms with E-state index in [1.165, 1.54) is 0 Å². The van der Waals surface area contributed by atoms with Crippen LogP contribution >= 0.6 is 7.60 Å². The minimum Gasteiger partial charge on any atom is -0.324 e. The van der Waals surface area contributed by atoms with Crippen LogP contribution in [0.25, 0.3) is 0 Å². The summed E-state index contributed by atoms with van der Waals surface area (Å²) in [6.45, 7) is 9.13. The lowest BCUT2D eigenvalue weighted by Crippen LogP contribution is -1.83. The van der Waals surface area contributed by atoms with E-state index in [9.17, 15) is 4.57 Å². The summed E-state index contributed by atoms with van der Waals surface area (Å²) < 4.78 is 14.5. The van der Waals surface area contributed by atoms with E-state index >= 15 is 0 Å². The molecule has 0 aromatic carbocycles. The Morgan fingerprint density at radius 2 is 2.00 bits per heavy atom. The zero-order valence-electron chi connectivity index (χ0n) is 5.83. The number of hydrogen-bond donors (Lipinski definition) is 1. The van der Waals surface area contributed by atoms with E-state index in [0.29, 0.717) is 6.61 Å². The van der Waals surface area contributed by atoms with Crippen molar-refractivity contribution >= 4 is 7.60 Å². The Hall–Kier alpha value is -0.110. The summed E-state index contributed by atoms with van der Waals surface area (Å²) in [5, 5.41) is 0. The van der Waals surface area contributed by atoms with Gasteiger partial charge in [0.05, 0.1) is 6.61 Å². The predicted molar refractivity (Wildman–Crippen MR) is 38.6 cm³/mol. The van der Waals surface area contributed by atoms with Gasteiger partial charge in [0.25, 0.3) is 0 Å². The summed E-state index contributed by atoms with van der Waals surface area (Å²) in [6, 6.07) is 0. The molecule has 0 aliphatic rings. The molecular formula is C5H13O3P. The second-order valence-corrected chi connectivity index (χ2v) is 3.08. The normalized spacial score (nSPS) is 15.0. The van der Waals surface area contributed by atoms with Crippen LogP contribution in [0.15, 0.2) is 13.2 Å². The molecule has 1 atom stereocenters. The zero-order chi connectivity index (χ0) is 7.91. The molecule has 0 aliphatic carbocycles. The first-order chi connectivity index (χ1) is 4.06. The van der Waals surface area contributed by atoms with E-state index < -0.39 is 7.60 Å². The van der Waals surface area contributed by atoms with E-state index in [2.05, 4.69) is 17.7 Å². The van der Waals surface area contributed by atoms with Crippen LogP contribution < -0.4 is 0 Å². The lowest BCUT2D eigenvalue weighted by Gasteiger charge is -2.00. The van der Waals surface area contributed by atoms with Crippen molar-refractivity contribution in [2.24, 2.45) is 0 Å². The van der Waals surface area contributed by atoms with Crippen molar-refractivity contribution in [1.82, 2.24) is 0 Å². The van der Waals surface area contributed by atoms with Crippen LogP contribution in [0.1, 0.15) is 6.92 Å². The minimum atomic E-state index is -3.17. The topological polar surface area (TPSA) is 46.5 Å². The van der Waals surface area contributed by atoms with Gasteiger partial charge in [0.1, 0.15) is 0 Å². The first kappa shape index (κ1) is 11.7. The van der Waals surface area contributed by atoms with E-state index in [4.69, 9.17) is 4.89 Å². The van der Waals surface area contributed by atoms with Crippen LogP contribution in [0, 0.1) is 0 Å². The summed E-state index contributed by atoms with van der Waals surface area (Å²) in [7, 11) is -3.17. The molecular weight excluding hydrogens is 139 g/mol. The molecule has 9 heavy (non-hydrogen) atoms. The van der Waals surface area contributed by atoms with Crippen molar-refractivity contribution in [1.29, 1.82) is 0 Å². The van der Waals surface area contributed by atoms with Gasteiger partial charge in [-0.3, -0.25) is 4.57 Å². The molecule has 0 radical (unpaired) electrons. The maximum absolute atomic E-state index is 10.1. The van der Waals surface area contributed by atoms with Gasteiger partial charge in [-0.15, -0.1) is 13.2 Å². The SMILES string of the molecule is C=C.CCOP(C)(=O)O. The standard InChI is InChI=1S/C3H9O3P.C2H4/c1-3-6-7(2,4)5;1-2/h3H2,1-2H3,(H,4,5);1-2H2. The largest absolute Gasteiger partial charge is 0.325 e. The number of hydrogen-bond acceptors (Lipinski definition) is 2. The average molecular weight is 152 g/mol. The van der Waals surface area contributed by atoms with Gasteiger partial charge in [0.2, 0.25) is 0 Å². The maximum atomic E-state index is 10.1. The highest BCUT2D eigenvalue weighted by atomic mass is 31.2. The Balaban J connectivity index is 0. The van der Waals surface area contributed by atoms with E-state index in [1.807, 2.05) is 0 Å². The molecule has 0 fully saturated rings. The molecule has 0 rings (SSSR count). The molecule has 1 unspecified atom stereocenters. The third kappa shape index (κ3) is 18.1. The molecule has 0 heterocycles. The van der Waals surface area contributed by atoms with Crippen molar-refractivity contribution in [2.75, 3.05) is 13.3 Å². The lowest BCUT2D eigenvalue weighted by atomic mass is 10.9. The van der Waals surface area contributed by atoms with Gasteiger partial charge in [-0.05, 0) is 6.92 Å². The van der Waals surface area contributed by atoms with Crippen LogP contribution in [0.5, 0.6) is 0 Å². The van der Waals surface area contributed by atoms with Crippen LogP contribution in [-0.4, -0.2) is 18.2 Å². The smallest absolute Gasteiger partial charge is 0.324 e. The Morgan fingerprint density at radius 1 is 1.67 bits per heavy atom. The summed E-state index contributed by atoms with van der Waals surface area (Å²) in [4.78, 5) is 8.35. The molecule has 0 spiro atoms. The monoisotopic (exact) mass is 152 g/mol. The van der Waals surface area contributed by atoms with Crippen LogP contribution in [0.2, 0.25) is 0 Å². The molecule has 4 heteroatoms. The van der Waals surface area contributed by atoms with Crippen molar-refractivity contribution in [3.05, 3.63) is 13.2 Å². The predicted octanol–water partition coefficient (Wildman–Crippen LogP) is 1.64. The Bertz CT molecular complexity index is 96.4. The second-order valence-electron chi connectivity index (χ2n) is 1.22. The summed E-state index contributed by atoms with van der Waals surface area (Å²) in [5.41, 5.74) is 0. The summed E-state index contributed by atoms with van der Waals surface area (Å²) in [5.74, 6) is 0. The van der Waals surface area contributed by atoms with E-state index in [0.717, 1.165) is 6.66 Å². The second kappa shape index (κ2) is 6.02. The average Bonchev–Trinajstić information content (AvgIpc) is 1.69. The van der Waals surface area contributed by atoms with Crippen LogP contribution in [-0.2, 0) is 9.09 Å². The molecule has 0 aromatic heterocycles. The van der Waals surface area contributed by atoms with Gasteiger partial charge in [-0.2, -0.15) is 0 Å². The Morgan fingerprint density at radius 3 is 2.00 bits per heavy atom. The van der Waals surface area contributed by atoms with Gasteiger partial charge in [0, 0.05) is 6.66 Å². The fourth-order valence-electron chi connectivity index (χ4n) is 0.240. The molecule has 0 aliphatic heterocycles. The molecule has 0 saturated carbocycles. The van der Waals surface area contributed by atoms with Gasteiger partial charge >= 0.3 is 7.60 Å². The van der Waals surface area contributed by atoms with Crippen molar-refractivity contribution < 1.29 is 14.0 Å². The summed E-state index contributed by atoms with van der Waals surface area (Å²) >= 11 is 0. The van der Waals surface area contributed by atoms with Crippen molar-refractivity contribution in [2.45, 2.75) is 6.92 Å². The molecule has 0 amide bonds. The van der Waals surface area contributed by atoms with Gasteiger partial charge in [-0.1, -0.05) is 0 Å². The first-order valence-corrected chi connectivity index (χ1v) is 4.53. The lowest BCUT2D eigenvalue weighted by molar-refractivity contribution is 0.279. The molecule has 0 aromatic rings. The number of rotatable bonds is 2. The molecule has 3 nitrogen and oxygen atoms in total. The quantitative estimate of drug-likeness (QED) is 0.483. The Labute approximate surface area is 55.9 Å². The molecule has 0 saturated heterocycles. The highest BCUT2D eigenvalue weighted by molar-refractivity contribution is 7.51. The highest BCUT2D eigenvalue weighted by Gasteiger charge is 2.05. The summed E-state index contributed by atoms with van der Waals surface area (Å²) in [6.07, 6.45) is 0. The fraction of sp³-hybridized carbons (Fsp3) is 0.600.